The van der Waals surface area contributed by atoms with Gasteiger partial charge in [-0.2, -0.15) is 0 Å². The summed E-state index contributed by atoms with van der Waals surface area (Å²) in [6.45, 7) is 15.1. The van der Waals surface area contributed by atoms with Crippen molar-refractivity contribution in [1.82, 2.24) is 4.57 Å². The van der Waals surface area contributed by atoms with E-state index in [0.29, 0.717) is 16.7 Å². The van der Waals surface area contributed by atoms with Gasteiger partial charge in [0.25, 0.3) is 0 Å². The third kappa shape index (κ3) is 3.54. The van der Waals surface area contributed by atoms with Crippen molar-refractivity contribution >= 4 is 27.8 Å². The molecule has 0 atom stereocenters. The predicted molar refractivity (Wildman–Crippen MR) is 150 cm³/mol. The predicted octanol–water partition coefficient (Wildman–Crippen LogP) is 8.14. The maximum absolute atomic E-state index is 13.8. The molecule has 36 heavy (non-hydrogen) atoms. The molecule has 1 aromatic heterocycles. The summed E-state index contributed by atoms with van der Waals surface area (Å²) in [5.74, 6) is -0.0722. The molecular weight excluding hydrogens is 442 g/mol. The van der Waals surface area contributed by atoms with Gasteiger partial charge in [0, 0.05) is 28.7 Å². The van der Waals surface area contributed by atoms with E-state index in [9.17, 15) is 9.90 Å². The Labute approximate surface area is 212 Å². The van der Waals surface area contributed by atoms with Crippen molar-refractivity contribution in [3.05, 3.63) is 118 Å². The Kier molecular flexibility index (Phi) is 5.80. The largest absolute Gasteiger partial charge is 0.506 e. The Morgan fingerprint density at radius 3 is 2.31 bits per heavy atom. The van der Waals surface area contributed by atoms with Gasteiger partial charge in [-0.05, 0) is 86.2 Å². The molecule has 0 spiro atoms. The molecule has 3 heteroatoms. The first-order chi connectivity index (χ1) is 17.2. The minimum absolute atomic E-state index is 0.0577. The van der Waals surface area contributed by atoms with Gasteiger partial charge in [-0.3, -0.25) is 4.79 Å². The molecule has 0 saturated carbocycles. The van der Waals surface area contributed by atoms with Crippen molar-refractivity contribution in [3.63, 3.8) is 0 Å². The number of carbonyl (C=O) groups is 1. The maximum Gasteiger partial charge on any atom is 0.201 e. The molecule has 0 fully saturated rings. The molecule has 5 rings (SSSR count). The second kappa shape index (κ2) is 8.83. The van der Waals surface area contributed by atoms with Crippen molar-refractivity contribution in [2.45, 2.75) is 41.2 Å². The number of aromatic nitrogens is 1. The van der Waals surface area contributed by atoms with Gasteiger partial charge in [0.2, 0.25) is 5.78 Å². The summed E-state index contributed by atoms with van der Waals surface area (Å²) in [5.41, 5.74) is 10.4. The van der Waals surface area contributed by atoms with Gasteiger partial charge in [0.15, 0.2) is 0 Å². The topological polar surface area (TPSA) is 42.2 Å². The van der Waals surface area contributed by atoms with Gasteiger partial charge in [-0.15, -0.1) is 0 Å². The SMILES string of the molecule is C=C(C)/C(=C1\C(=O)C(c2c(C)n(CC)c3ccc(C)cc23)=C1O)c1cc(-c2ccccc2)ccc1C. The van der Waals surface area contributed by atoms with Crippen LogP contribution in [-0.2, 0) is 11.3 Å². The van der Waals surface area contributed by atoms with Crippen molar-refractivity contribution < 1.29 is 9.90 Å². The number of benzene rings is 3. The Balaban J connectivity index is 1.74. The molecule has 3 aromatic carbocycles. The summed E-state index contributed by atoms with van der Waals surface area (Å²) in [7, 11) is 0. The van der Waals surface area contributed by atoms with Crippen LogP contribution in [0.3, 0.4) is 0 Å². The van der Waals surface area contributed by atoms with Crippen molar-refractivity contribution in [2.75, 3.05) is 0 Å². The fourth-order valence-corrected chi connectivity index (χ4v) is 5.47. The molecule has 1 aliphatic carbocycles. The average Bonchev–Trinajstić information content (AvgIpc) is 3.13. The average molecular weight is 474 g/mol. The monoisotopic (exact) mass is 473 g/mol. The van der Waals surface area contributed by atoms with Gasteiger partial charge in [0.1, 0.15) is 5.76 Å². The molecule has 3 nitrogen and oxygen atoms in total. The summed E-state index contributed by atoms with van der Waals surface area (Å²) < 4.78 is 2.20. The van der Waals surface area contributed by atoms with E-state index in [1.807, 2.05) is 45.9 Å². The molecule has 0 saturated heterocycles. The van der Waals surface area contributed by atoms with Crippen LogP contribution < -0.4 is 0 Å². The fraction of sp³-hybridized carbons (Fsp3) is 0.182. The summed E-state index contributed by atoms with van der Waals surface area (Å²) in [6.07, 6.45) is 0. The molecule has 180 valence electrons. The number of rotatable bonds is 5. The second-order valence-electron chi connectivity index (χ2n) is 9.70. The van der Waals surface area contributed by atoms with E-state index in [1.165, 1.54) is 0 Å². The van der Waals surface area contributed by atoms with E-state index in [2.05, 4.69) is 66.6 Å². The molecule has 0 bridgehead atoms. The maximum atomic E-state index is 13.8. The number of Topliss-reactive ketones (excluding diaryl/α,β-unsaturated/α-hetero) is 1. The highest BCUT2D eigenvalue weighted by Crippen LogP contribution is 2.46. The Morgan fingerprint density at radius 2 is 1.67 bits per heavy atom. The number of hydrogen-bond acceptors (Lipinski definition) is 2. The van der Waals surface area contributed by atoms with Gasteiger partial charge in [0.05, 0.1) is 11.1 Å². The molecule has 1 heterocycles. The van der Waals surface area contributed by atoms with Crippen molar-refractivity contribution in [3.8, 4) is 11.1 Å². The lowest BCUT2D eigenvalue weighted by Crippen LogP contribution is -2.23. The second-order valence-corrected chi connectivity index (χ2v) is 9.70. The summed E-state index contributed by atoms with van der Waals surface area (Å²) in [6, 6.07) is 22.7. The highest BCUT2D eigenvalue weighted by Gasteiger charge is 2.40. The molecule has 4 aromatic rings. The molecule has 0 amide bonds. The number of aliphatic hydroxyl groups is 1. The van der Waals surface area contributed by atoms with Gasteiger partial charge < -0.3 is 9.67 Å². The first-order valence-electron chi connectivity index (χ1n) is 12.4. The standard InChI is InChI=1S/C33H31NO2/c1-7-34-22(6)29(26-17-20(4)13-16-27(26)34)31-32(35)30(33(31)36)28(19(2)3)25-18-24(15-14-21(25)5)23-11-9-8-10-12-23/h8-18,35H,2,7H2,1,3-6H3/b30-28+. The quantitative estimate of drug-likeness (QED) is 0.297. The third-order valence-electron chi connectivity index (χ3n) is 7.26. The number of allylic oxidation sites excluding steroid dienone is 4. The number of carbonyl (C=O) groups excluding carboxylic acids is 1. The van der Waals surface area contributed by atoms with E-state index < -0.39 is 0 Å². The van der Waals surface area contributed by atoms with Crippen LogP contribution in [0.1, 0.15) is 41.8 Å². The first-order valence-corrected chi connectivity index (χ1v) is 12.4. The molecule has 1 aliphatic rings. The van der Waals surface area contributed by atoms with E-state index in [4.69, 9.17) is 0 Å². The van der Waals surface area contributed by atoms with Crippen molar-refractivity contribution in [1.29, 1.82) is 0 Å². The zero-order chi connectivity index (χ0) is 25.7. The summed E-state index contributed by atoms with van der Waals surface area (Å²) in [5, 5.41) is 12.4. The fourth-order valence-electron chi connectivity index (χ4n) is 5.47. The number of aliphatic hydroxyl groups excluding tert-OH is 1. The molecule has 0 aliphatic heterocycles. The first kappa shape index (κ1) is 23.6. The zero-order valence-electron chi connectivity index (χ0n) is 21.6. The van der Waals surface area contributed by atoms with E-state index in [-0.39, 0.29) is 11.5 Å². The van der Waals surface area contributed by atoms with Gasteiger partial charge >= 0.3 is 0 Å². The van der Waals surface area contributed by atoms with E-state index in [0.717, 1.165) is 62.1 Å². The van der Waals surface area contributed by atoms with Gasteiger partial charge in [-0.1, -0.05) is 60.7 Å². The Morgan fingerprint density at radius 1 is 0.944 bits per heavy atom. The summed E-state index contributed by atoms with van der Waals surface area (Å²) >= 11 is 0. The van der Waals surface area contributed by atoms with Crippen LogP contribution in [0.25, 0.3) is 33.2 Å². The molecular formula is C33H31NO2. The highest BCUT2D eigenvalue weighted by molar-refractivity contribution is 6.43. The lowest BCUT2D eigenvalue weighted by molar-refractivity contribution is -0.111. The van der Waals surface area contributed by atoms with Crippen LogP contribution in [0.5, 0.6) is 0 Å². The van der Waals surface area contributed by atoms with Gasteiger partial charge in [-0.25, -0.2) is 0 Å². The third-order valence-corrected chi connectivity index (χ3v) is 7.26. The van der Waals surface area contributed by atoms with E-state index in [1.54, 1.807) is 0 Å². The lowest BCUT2D eigenvalue weighted by Gasteiger charge is -2.26. The lowest BCUT2D eigenvalue weighted by atomic mass is 9.76. The molecule has 1 N–H and O–H groups in total. The van der Waals surface area contributed by atoms with Crippen LogP contribution >= 0.6 is 0 Å². The summed E-state index contributed by atoms with van der Waals surface area (Å²) in [4.78, 5) is 13.8. The van der Waals surface area contributed by atoms with Crippen LogP contribution in [0.15, 0.2) is 90.2 Å². The zero-order valence-corrected chi connectivity index (χ0v) is 21.6. The Hall–Kier alpha value is -4.11. The smallest absolute Gasteiger partial charge is 0.201 e. The molecule has 0 radical (unpaired) electrons. The van der Waals surface area contributed by atoms with Crippen molar-refractivity contribution in [2.24, 2.45) is 0 Å². The van der Waals surface area contributed by atoms with E-state index >= 15 is 0 Å². The number of fused-ring (bicyclic) bond motifs is 1. The number of hydrogen-bond donors (Lipinski definition) is 1. The molecule has 0 unspecified atom stereocenters. The number of ketones is 1. The highest BCUT2D eigenvalue weighted by atomic mass is 16.3. The normalized spacial score (nSPS) is 14.9. The van der Waals surface area contributed by atoms with Crippen LogP contribution in [0, 0.1) is 20.8 Å². The number of aryl methyl sites for hydroxylation is 3. The minimum atomic E-state index is -0.130. The van der Waals surface area contributed by atoms with Crippen LogP contribution in [0.4, 0.5) is 0 Å². The van der Waals surface area contributed by atoms with Crippen LogP contribution in [-0.4, -0.2) is 15.5 Å². The number of nitrogens with zero attached hydrogens (tertiary/aromatic N) is 1. The van der Waals surface area contributed by atoms with Crippen LogP contribution in [0.2, 0.25) is 0 Å². The Bertz CT molecular complexity index is 1630. The minimum Gasteiger partial charge on any atom is -0.506 e.